The van der Waals surface area contributed by atoms with Crippen LogP contribution in [0.5, 0.6) is 0 Å². The Balaban J connectivity index is 0.000000509. The van der Waals surface area contributed by atoms with Gasteiger partial charge in [-0.2, -0.15) is 39.5 Å². The molecule has 0 heterocycles. The Bertz CT molecular complexity index is 2950. The van der Waals surface area contributed by atoms with E-state index in [9.17, 15) is 43.9 Å². The molecule has 0 aliphatic carbocycles. The first-order chi connectivity index (χ1) is 39.9. The summed E-state index contributed by atoms with van der Waals surface area (Å²) in [4.78, 5) is 0. The van der Waals surface area contributed by atoms with E-state index in [2.05, 4.69) is 128 Å². The van der Waals surface area contributed by atoms with E-state index in [1.54, 1.807) is 38.1 Å². The van der Waals surface area contributed by atoms with Crippen molar-refractivity contribution in [3.63, 3.8) is 0 Å². The highest BCUT2D eigenvalue weighted by Gasteiger charge is 2.33. The van der Waals surface area contributed by atoms with Crippen LogP contribution in [-0.2, 0) is 25.1 Å². The van der Waals surface area contributed by atoms with Crippen LogP contribution in [0.25, 0.3) is 0 Å². The molecular weight excluding hydrogens is 1260 g/mol. The fourth-order valence-electron chi connectivity index (χ4n) is 8.14. The van der Waals surface area contributed by atoms with E-state index >= 15 is 0 Å². The van der Waals surface area contributed by atoms with E-state index < -0.39 is 35.2 Å². The first kappa shape index (κ1) is 80.2. The van der Waals surface area contributed by atoms with E-state index in [4.69, 9.17) is 39.9 Å². The van der Waals surface area contributed by atoms with Crippen molar-refractivity contribution in [3.8, 4) is 0 Å². The molecule has 0 aliphatic rings. The summed E-state index contributed by atoms with van der Waals surface area (Å²) in [6.07, 6.45) is -12.9. The molecular formula is C72H88BrCl3F10O. The zero-order valence-electron chi connectivity index (χ0n) is 53.6. The van der Waals surface area contributed by atoms with Crippen LogP contribution in [0.15, 0.2) is 132 Å². The Morgan fingerprint density at radius 1 is 0.368 bits per heavy atom. The van der Waals surface area contributed by atoms with Crippen LogP contribution in [0.1, 0.15) is 227 Å². The minimum absolute atomic E-state index is 0.00944. The van der Waals surface area contributed by atoms with Crippen LogP contribution in [0.3, 0.4) is 0 Å². The van der Waals surface area contributed by atoms with Gasteiger partial charge in [0.15, 0.2) is 0 Å². The molecule has 1 nitrogen and oxygen atoms in total. The number of halogens is 14. The van der Waals surface area contributed by atoms with Crippen LogP contribution in [-0.4, -0.2) is 5.11 Å². The molecule has 87 heavy (non-hydrogen) atoms. The van der Waals surface area contributed by atoms with Gasteiger partial charge in [-0.1, -0.05) is 190 Å². The predicted molar refractivity (Wildman–Crippen MR) is 351 cm³/mol. The molecule has 0 saturated carbocycles. The van der Waals surface area contributed by atoms with Gasteiger partial charge in [0.1, 0.15) is 5.82 Å². The van der Waals surface area contributed by atoms with Gasteiger partial charge in [0.05, 0.1) is 23.3 Å². The fraction of sp³-hybridized carbons (Fsp3) is 0.417. The maximum absolute atomic E-state index is 12.8. The van der Waals surface area contributed by atoms with Crippen molar-refractivity contribution in [1.82, 2.24) is 0 Å². The third-order valence-corrected chi connectivity index (χ3v) is 14.8. The number of aliphatic hydroxyl groups is 1. The van der Waals surface area contributed by atoms with Gasteiger partial charge in [-0.05, 0) is 233 Å². The Morgan fingerprint density at radius 2 is 0.770 bits per heavy atom. The van der Waals surface area contributed by atoms with Crippen molar-refractivity contribution in [2.75, 3.05) is 0 Å². The lowest BCUT2D eigenvalue weighted by atomic mass is 9.96. The van der Waals surface area contributed by atoms with Crippen molar-refractivity contribution in [3.05, 3.63) is 242 Å². The zero-order valence-corrected chi connectivity index (χ0v) is 57.5. The molecule has 0 amide bonds. The van der Waals surface area contributed by atoms with Gasteiger partial charge >= 0.3 is 18.5 Å². The van der Waals surface area contributed by atoms with Crippen LogP contribution in [0.2, 0.25) is 15.1 Å². The van der Waals surface area contributed by atoms with E-state index in [1.165, 1.54) is 56.1 Å². The monoisotopic (exact) mass is 1340 g/mol. The molecule has 480 valence electrons. The second-order valence-corrected chi connectivity index (χ2v) is 25.9. The summed E-state index contributed by atoms with van der Waals surface area (Å²) in [5, 5.41) is 10.7. The van der Waals surface area contributed by atoms with Crippen LogP contribution >= 0.6 is 50.7 Å². The maximum Gasteiger partial charge on any atom is 0.416 e. The minimum Gasteiger partial charge on any atom is -0.392 e. The molecule has 0 spiro atoms. The Hall–Kier alpha value is -4.85. The molecule has 0 aromatic heterocycles. The fourth-order valence-corrected chi connectivity index (χ4v) is 9.64. The second kappa shape index (κ2) is 36.7. The molecule has 0 aliphatic heterocycles. The number of hydrogen-bond donors (Lipinski definition) is 1. The second-order valence-electron chi connectivity index (χ2n) is 23.7. The third-order valence-electron chi connectivity index (χ3n) is 13.6. The van der Waals surface area contributed by atoms with Gasteiger partial charge in [-0.3, -0.25) is 0 Å². The maximum atomic E-state index is 12.8. The quantitative estimate of drug-likeness (QED) is 0.150. The molecule has 7 aromatic carbocycles. The summed E-state index contributed by atoms with van der Waals surface area (Å²) in [6.45, 7) is 38.1. The summed E-state index contributed by atoms with van der Waals surface area (Å²) >= 11 is 20.9. The van der Waals surface area contributed by atoms with Gasteiger partial charge in [-0.15, -0.1) is 0 Å². The van der Waals surface area contributed by atoms with Crippen molar-refractivity contribution < 1.29 is 49.0 Å². The lowest BCUT2D eigenvalue weighted by molar-refractivity contribution is -0.138. The Kier molecular flexibility index (Phi) is 33.8. The normalized spacial score (nSPS) is 11.4. The van der Waals surface area contributed by atoms with Gasteiger partial charge in [0, 0.05) is 19.5 Å². The summed E-state index contributed by atoms with van der Waals surface area (Å²) in [6, 6.07) is 35.0. The number of benzene rings is 7. The standard InChI is InChI=1S/C11H13F3O.C11H13F3.C11H16.C10H13Br.C10H10ClF3.C10H13F.C9H10Cl2/c1-7(2)9-3-8(6-15)4-10(5-9)11(12,13)14;1-7(2)10-6-9(11(12,13)14)5-4-8(10)3;1-8(2)11-6-5-9(3)10(4)7-11;1-7(2)9-4-8(3)5-10(11)6-9;1-6(2)8-5-7(10(12,13)14)3-4-9(8)11;1-7(2)9-4-8(3)5-10(11)6-9;1-6(2)7-3-8(10)5-9(11)4-7/h3-5,7,15H,6H2,1-2H3;4-7H,1-3H3;5-8H,1-4H3;4-7H,1-3H3;3-6H,1-2H3;4-7H,1-3H3;3-6H,1-2H3. The van der Waals surface area contributed by atoms with Crippen LogP contribution in [0.4, 0.5) is 43.9 Å². The summed E-state index contributed by atoms with van der Waals surface area (Å²) < 4.78 is 125. The predicted octanol–water partition coefficient (Wildman–Crippen LogP) is 26.6. The van der Waals surface area contributed by atoms with E-state index in [0.29, 0.717) is 55.4 Å². The van der Waals surface area contributed by atoms with Crippen LogP contribution < -0.4 is 0 Å². The molecule has 0 atom stereocenters. The average molecular weight is 1350 g/mol. The molecule has 0 bridgehead atoms. The highest BCUT2D eigenvalue weighted by Crippen LogP contribution is 2.36. The lowest BCUT2D eigenvalue weighted by Crippen LogP contribution is -2.07. The number of rotatable bonds is 8. The smallest absolute Gasteiger partial charge is 0.392 e. The molecule has 0 unspecified atom stereocenters. The molecule has 0 radical (unpaired) electrons. The molecule has 0 fully saturated rings. The van der Waals surface area contributed by atoms with E-state index in [0.717, 1.165) is 52.6 Å². The summed E-state index contributed by atoms with van der Waals surface area (Å²) in [7, 11) is 0. The van der Waals surface area contributed by atoms with E-state index in [1.807, 2.05) is 59.7 Å². The van der Waals surface area contributed by atoms with Crippen molar-refractivity contribution >= 4 is 50.7 Å². The summed E-state index contributed by atoms with van der Waals surface area (Å²) in [5.41, 5.74) is 11.4. The number of hydrogen-bond acceptors (Lipinski definition) is 1. The average Bonchev–Trinajstić information content (AvgIpc) is 2.29. The van der Waals surface area contributed by atoms with Gasteiger partial charge in [0.2, 0.25) is 0 Å². The number of aryl methyl sites for hydroxylation is 5. The first-order valence-corrected chi connectivity index (χ1v) is 30.7. The van der Waals surface area contributed by atoms with Crippen molar-refractivity contribution in [2.24, 2.45) is 0 Å². The first-order valence-electron chi connectivity index (χ1n) is 28.8. The number of alkyl halides is 9. The summed E-state index contributed by atoms with van der Waals surface area (Å²) in [5.74, 6) is 2.14. The largest absolute Gasteiger partial charge is 0.416 e. The highest BCUT2D eigenvalue weighted by atomic mass is 79.9. The lowest BCUT2D eigenvalue weighted by Gasteiger charge is -2.13. The SMILES string of the molecule is CC(C)c1cc(C(F)(F)F)ccc1Cl.CC(C)c1cc(CO)cc(C(F)(F)F)c1.CC(C)c1cc(Cl)cc(Cl)c1.Cc1cc(Br)cc(C(C)C)c1.Cc1cc(F)cc(C(C)C)c1.Cc1ccc(C(C)C)cc1C.Cc1ccc(C(F)(F)F)cc1C(C)C. The topological polar surface area (TPSA) is 20.2 Å². The molecule has 15 heteroatoms. The van der Waals surface area contributed by atoms with Crippen molar-refractivity contribution in [2.45, 2.75) is 198 Å². The van der Waals surface area contributed by atoms with Gasteiger partial charge in [0.25, 0.3) is 0 Å². The van der Waals surface area contributed by atoms with Crippen LogP contribution in [0, 0.1) is 40.4 Å². The molecule has 1 N–H and O–H groups in total. The van der Waals surface area contributed by atoms with Crippen molar-refractivity contribution in [1.29, 1.82) is 0 Å². The molecule has 7 aromatic rings. The Labute approximate surface area is 536 Å². The molecule has 0 saturated heterocycles. The minimum atomic E-state index is -4.35. The third kappa shape index (κ3) is 30.0. The van der Waals surface area contributed by atoms with Gasteiger partial charge < -0.3 is 5.11 Å². The van der Waals surface area contributed by atoms with Gasteiger partial charge in [-0.25, -0.2) is 4.39 Å². The van der Waals surface area contributed by atoms with E-state index in [-0.39, 0.29) is 30.2 Å². The zero-order chi connectivity index (χ0) is 67.2. The number of aliphatic hydroxyl groups excluding tert-OH is 1. The molecule has 7 rings (SSSR count). The highest BCUT2D eigenvalue weighted by molar-refractivity contribution is 9.10. The Morgan fingerprint density at radius 3 is 1.17 bits per heavy atom.